The van der Waals surface area contributed by atoms with Gasteiger partial charge in [0, 0.05) is 19.1 Å². The predicted molar refractivity (Wildman–Crippen MR) is 69.7 cm³/mol. The third-order valence-corrected chi connectivity index (χ3v) is 6.01. The molecule has 3 rings (SSSR count). The molecule has 2 fully saturated rings. The third-order valence-electron chi connectivity index (χ3n) is 4.05. The lowest BCUT2D eigenvalue weighted by molar-refractivity contribution is 0.217. The summed E-state index contributed by atoms with van der Waals surface area (Å²) in [7, 11) is -3.73. The average Bonchev–Trinajstić information content (AvgIpc) is 2.86. The summed E-state index contributed by atoms with van der Waals surface area (Å²) >= 11 is 0. The molecule has 0 saturated carbocycles. The fourth-order valence-corrected chi connectivity index (χ4v) is 4.89. The van der Waals surface area contributed by atoms with Crippen LogP contribution in [0, 0.1) is 11.7 Å². The van der Waals surface area contributed by atoms with Crippen LogP contribution in [0.1, 0.15) is 12.8 Å². The molecule has 0 amide bonds. The van der Waals surface area contributed by atoms with Gasteiger partial charge in [0.2, 0.25) is 10.0 Å². The molecule has 2 saturated heterocycles. The Morgan fingerprint density at radius 3 is 2.84 bits per heavy atom. The highest BCUT2D eigenvalue weighted by atomic mass is 32.2. The van der Waals surface area contributed by atoms with E-state index < -0.39 is 15.8 Å². The van der Waals surface area contributed by atoms with Crippen LogP contribution in [-0.4, -0.2) is 38.4 Å². The number of sulfonamides is 1. The number of piperidine rings is 1. The summed E-state index contributed by atoms with van der Waals surface area (Å²) in [6, 6.07) is 5.57. The van der Waals surface area contributed by atoms with E-state index in [1.165, 1.54) is 22.5 Å². The summed E-state index contributed by atoms with van der Waals surface area (Å²) in [5, 5.41) is 3.23. The minimum atomic E-state index is -3.73. The van der Waals surface area contributed by atoms with Gasteiger partial charge in [0.05, 0.1) is 0 Å². The van der Waals surface area contributed by atoms with Gasteiger partial charge in [-0.25, -0.2) is 12.8 Å². The summed E-state index contributed by atoms with van der Waals surface area (Å²) in [6.07, 6.45) is 1.89. The van der Waals surface area contributed by atoms with Gasteiger partial charge in [0.1, 0.15) is 10.7 Å². The molecule has 0 bridgehead atoms. The molecule has 2 aliphatic heterocycles. The van der Waals surface area contributed by atoms with E-state index in [2.05, 4.69) is 5.32 Å². The van der Waals surface area contributed by atoms with Gasteiger partial charge in [-0.1, -0.05) is 12.1 Å². The molecule has 4 nitrogen and oxygen atoms in total. The Labute approximate surface area is 112 Å². The van der Waals surface area contributed by atoms with Crippen molar-refractivity contribution in [3.8, 4) is 0 Å². The van der Waals surface area contributed by atoms with Gasteiger partial charge in [0.15, 0.2) is 0 Å². The highest BCUT2D eigenvalue weighted by molar-refractivity contribution is 7.89. The van der Waals surface area contributed by atoms with Crippen LogP contribution < -0.4 is 5.32 Å². The Kier molecular flexibility index (Phi) is 3.32. The van der Waals surface area contributed by atoms with Gasteiger partial charge >= 0.3 is 0 Å². The van der Waals surface area contributed by atoms with Crippen LogP contribution in [0.25, 0.3) is 0 Å². The highest BCUT2D eigenvalue weighted by Gasteiger charge is 2.41. The number of halogens is 1. The Bertz CT molecular complexity index is 576. The summed E-state index contributed by atoms with van der Waals surface area (Å²) in [5.41, 5.74) is 0. The van der Waals surface area contributed by atoms with Crippen LogP contribution in [-0.2, 0) is 10.0 Å². The number of rotatable bonds is 2. The second-order valence-electron chi connectivity index (χ2n) is 5.17. The van der Waals surface area contributed by atoms with Gasteiger partial charge in [-0.15, -0.1) is 0 Å². The molecule has 2 heterocycles. The first-order chi connectivity index (χ1) is 9.10. The predicted octanol–water partition coefficient (Wildman–Crippen LogP) is 1.20. The van der Waals surface area contributed by atoms with Gasteiger partial charge < -0.3 is 5.32 Å². The first kappa shape index (κ1) is 13.0. The third kappa shape index (κ3) is 2.17. The van der Waals surface area contributed by atoms with Crippen LogP contribution in [0.15, 0.2) is 29.2 Å². The standard InChI is InChI=1S/C13H17FN2O2S/c14-11-5-1-2-6-13(11)19(17,18)16-7-3-4-10-8-15-9-12(10)16/h1-2,5-6,10,12,15H,3-4,7-9H2. The van der Waals surface area contributed by atoms with Gasteiger partial charge in [-0.05, 0) is 37.4 Å². The fourth-order valence-electron chi connectivity index (χ4n) is 3.10. The van der Waals surface area contributed by atoms with Crippen molar-refractivity contribution >= 4 is 10.0 Å². The van der Waals surface area contributed by atoms with E-state index in [9.17, 15) is 12.8 Å². The van der Waals surface area contributed by atoms with Crippen molar-refractivity contribution in [2.45, 2.75) is 23.8 Å². The number of nitrogens with one attached hydrogen (secondary N) is 1. The van der Waals surface area contributed by atoms with Crippen LogP contribution >= 0.6 is 0 Å². The Hall–Kier alpha value is -0.980. The van der Waals surface area contributed by atoms with Crippen LogP contribution in [0.4, 0.5) is 4.39 Å². The first-order valence-electron chi connectivity index (χ1n) is 6.58. The maximum absolute atomic E-state index is 13.8. The van der Waals surface area contributed by atoms with E-state index in [1.54, 1.807) is 6.07 Å². The minimum absolute atomic E-state index is 0.0293. The van der Waals surface area contributed by atoms with Crippen LogP contribution in [0.5, 0.6) is 0 Å². The zero-order valence-electron chi connectivity index (χ0n) is 10.5. The molecule has 1 N–H and O–H groups in total. The van der Waals surface area contributed by atoms with Crippen molar-refractivity contribution in [3.63, 3.8) is 0 Å². The van der Waals surface area contributed by atoms with E-state index >= 15 is 0 Å². The van der Waals surface area contributed by atoms with E-state index in [0.29, 0.717) is 19.0 Å². The quantitative estimate of drug-likeness (QED) is 0.888. The van der Waals surface area contributed by atoms with E-state index in [0.717, 1.165) is 19.4 Å². The molecule has 1 aromatic carbocycles. The normalized spacial score (nSPS) is 28.3. The largest absolute Gasteiger partial charge is 0.315 e. The molecule has 104 valence electrons. The lowest BCUT2D eigenvalue weighted by Gasteiger charge is -2.35. The molecule has 19 heavy (non-hydrogen) atoms. The topological polar surface area (TPSA) is 49.4 Å². The van der Waals surface area contributed by atoms with Crippen molar-refractivity contribution in [2.24, 2.45) is 5.92 Å². The van der Waals surface area contributed by atoms with E-state index in [-0.39, 0.29) is 10.9 Å². The smallest absolute Gasteiger partial charge is 0.246 e. The van der Waals surface area contributed by atoms with Crippen LogP contribution in [0.3, 0.4) is 0 Å². The summed E-state index contributed by atoms with van der Waals surface area (Å²) in [5.74, 6) is -0.314. The van der Waals surface area contributed by atoms with Crippen molar-refractivity contribution < 1.29 is 12.8 Å². The molecular formula is C13H17FN2O2S. The molecule has 1 aromatic rings. The molecule has 0 aromatic heterocycles. The van der Waals surface area contributed by atoms with Crippen LogP contribution in [0.2, 0.25) is 0 Å². The minimum Gasteiger partial charge on any atom is -0.315 e. The number of hydrogen-bond donors (Lipinski definition) is 1. The molecule has 0 spiro atoms. The first-order valence-corrected chi connectivity index (χ1v) is 8.02. The van der Waals surface area contributed by atoms with E-state index in [4.69, 9.17) is 0 Å². The molecule has 0 aliphatic carbocycles. The average molecular weight is 284 g/mol. The fraction of sp³-hybridized carbons (Fsp3) is 0.538. The molecule has 2 unspecified atom stereocenters. The number of fused-ring (bicyclic) bond motifs is 1. The molecule has 0 radical (unpaired) electrons. The molecule has 2 atom stereocenters. The lowest BCUT2D eigenvalue weighted by Crippen LogP contribution is -2.48. The zero-order chi connectivity index (χ0) is 13.5. The van der Waals surface area contributed by atoms with Crippen molar-refractivity contribution in [1.82, 2.24) is 9.62 Å². The summed E-state index contributed by atoms with van der Waals surface area (Å²) in [6.45, 7) is 2.01. The van der Waals surface area contributed by atoms with Crippen molar-refractivity contribution in [2.75, 3.05) is 19.6 Å². The van der Waals surface area contributed by atoms with Gasteiger partial charge in [0.25, 0.3) is 0 Å². The number of hydrogen-bond acceptors (Lipinski definition) is 3. The molecule has 6 heteroatoms. The monoisotopic (exact) mass is 284 g/mol. The second-order valence-corrected chi connectivity index (χ2v) is 7.03. The van der Waals surface area contributed by atoms with Crippen molar-refractivity contribution in [1.29, 1.82) is 0 Å². The Balaban J connectivity index is 1.98. The number of benzene rings is 1. The highest BCUT2D eigenvalue weighted by Crippen LogP contribution is 2.31. The number of nitrogens with zero attached hydrogens (tertiary/aromatic N) is 1. The molecular weight excluding hydrogens is 267 g/mol. The van der Waals surface area contributed by atoms with Crippen molar-refractivity contribution in [3.05, 3.63) is 30.1 Å². The molecule has 2 aliphatic rings. The van der Waals surface area contributed by atoms with Gasteiger partial charge in [-0.3, -0.25) is 0 Å². The maximum atomic E-state index is 13.8. The lowest BCUT2D eigenvalue weighted by atomic mass is 9.94. The van der Waals surface area contributed by atoms with Gasteiger partial charge in [-0.2, -0.15) is 4.31 Å². The Morgan fingerprint density at radius 1 is 1.26 bits per heavy atom. The van der Waals surface area contributed by atoms with E-state index in [1.807, 2.05) is 0 Å². The Morgan fingerprint density at radius 2 is 2.05 bits per heavy atom. The SMILES string of the molecule is O=S(=O)(c1ccccc1F)N1CCCC2CNCC21. The summed E-state index contributed by atoms with van der Waals surface area (Å²) < 4.78 is 40.5. The second kappa shape index (κ2) is 4.85. The maximum Gasteiger partial charge on any atom is 0.246 e. The summed E-state index contributed by atoms with van der Waals surface area (Å²) in [4.78, 5) is -0.206. The zero-order valence-corrected chi connectivity index (χ0v) is 11.4.